The van der Waals surface area contributed by atoms with Crippen LogP contribution in [-0.2, 0) is 20.9 Å². The van der Waals surface area contributed by atoms with Gasteiger partial charge in [-0.3, -0.25) is 4.79 Å². The Labute approximate surface area is 135 Å². The molecule has 0 aliphatic rings. The lowest BCUT2D eigenvalue weighted by atomic mass is 10.0. The summed E-state index contributed by atoms with van der Waals surface area (Å²) in [5, 5.41) is 13.8. The molecule has 0 heterocycles. The number of amides is 2. The second kappa shape index (κ2) is 8.77. The first-order valence-corrected chi connectivity index (χ1v) is 7.31. The van der Waals surface area contributed by atoms with Gasteiger partial charge in [-0.2, -0.15) is 0 Å². The van der Waals surface area contributed by atoms with Crippen molar-refractivity contribution in [1.82, 2.24) is 10.6 Å². The van der Waals surface area contributed by atoms with E-state index in [-0.39, 0.29) is 12.5 Å². The molecule has 23 heavy (non-hydrogen) atoms. The third kappa shape index (κ3) is 6.37. The molecule has 2 atom stereocenters. The highest BCUT2D eigenvalue weighted by Gasteiger charge is 2.26. The highest BCUT2D eigenvalue weighted by atomic mass is 16.5. The van der Waals surface area contributed by atoms with Crippen LogP contribution in [0.5, 0.6) is 0 Å². The van der Waals surface area contributed by atoms with E-state index < -0.39 is 30.1 Å². The number of carbonyl (C=O) groups excluding carboxylic acids is 2. The molecule has 0 spiro atoms. The summed E-state index contributed by atoms with van der Waals surface area (Å²) in [6, 6.07) is 7.21. The topological polar surface area (TPSA) is 105 Å². The zero-order chi connectivity index (χ0) is 17.4. The Morgan fingerprint density at radius 3 is 2.22 bits per heavy atom. The molecule has 0 saturated heterocycles. The zero-order valence-electron chi connectivity index (χ0n) is 13.4. The zero-order valence-corrected chi connectivity index (χ0v) is 13.4. The Morgan fingerprint density at radius 2 is 1.70 bits per heavy atom. The summed E-state index contributed by atoms with van der Waals surface area (Å²) in [4.78, 5) is 34.6. The lowest BCUT2D eigenvalue weighted by Crippen LogP contribution is -2.52. The number of carbonyl (C=O) groups is 3. The van der Waals surface area contributed by atoms with Gasteiger partial charge in [0, 0.05) is 0 Å². The molecule has 0 saturated carbocycles. The fourth-order valence-electron chi connectivity index (χ4n) is 1.80. The molecule has 0 fully saturated rings. The second-order valence-electron chi connectivity index (χ2n) is 5.50. The Morgan fingerprint density at radius 1 is 1.09 bits per heavy atom. The van der Waals surface area contributed by atoms with E-state index in [1.54, 1.807) is 13.8 Å². The fraction of sp³-hybridized carbons (Fsp3) is 0.438. The van der Waals surface area contributed by atoms with Gasteiger partial charge in [0.1, 0.15) is 18.7 Å². The van der Waals surface area contributed by atoms with Gasteiger partial charge < -0.3 is 20.5 Å². The number of aliphatic carboxylic acids is 1. The molecule has 3 N–H and O–H groups in total. The van der Waals surface area contributed by atoms with Crippen LogP contribution in [-0.4, -0.2) is 35.2 Å². The number of hydrogen-bond acceptors (Lipinski definition) is 4. The van der Waals surface area contributed by atoms with Crippen LogP contribution in [0.4, 0.5) is 4.79 Å². The maximum Gasteiger partial charge on any atom is 0.408 e. The minimum absolute atomic E-state index is 0.0881. The van der Waals surface area contributed by atoms with Crippen LogP contribution >= 0.6 is 0 Å². The molecule has 1 aromatic rings. The normalized spacial score (nSPS) is 13.0. The Hall–Kier alpha value is -2.57. The van der Waals surface area contributed by atoms with Crippen molar-refractivity contribution < 1.29 is 24.2 Å². The maximum absolute atomic E-state index is 11.9. The van der Waals surface area contributed by atoms with Crippen molar-refractivity contribution in [2.75, 3.05) is 0 Å². The molecular weight excluding hydrogens is 300 g/mol. The SMILES string of the molecule is CC(C)[C@@H](NC(=O)[C@H](C)NC(=O)OCc1ccccc1)C(=O)O. The average Bonchev–Trinajstić information content (AvgIpc) is 2.50. The van der Waals surface area contributed by atoms with E-state index in [0.717, 1.165) is 5.56 Å². The first-order valence-electron chi connectivity index (χ1n) is 7.31. The Kier molecular flexibility index (Phi) is 7.05. The minimum Gasteiger partial charge on any atom is -0.480 e. The van der Waals surface area contributed by atoms with Gasteiger partial charge in [0.15, 0.2) is 0 Å². The van der Waals surface area contributed by atoms with Crippen LogP contribution in [0.15, 0.2) is 30.3 Å². The summed E-state index contributed by atoms with van der Waals surface area (Å²) in [7, 11) is 0. The van der Waals surface area contributed by atoms with Crippen LogP contribution in [0, 0.1) is 5.92 Å². The van der Waals surface area contributed by atoms with E-state index in [0.29, 0.717) is 0 Å². The molecule has 1 rings (SSSR count). The molecule has 2 amide bonds. The summed E-state index contributed by atoms with van der Waals surface area (Å²) in [5.74, 6) is -1.97. The lowest BCUT2D eigenvalue weighted by Gasteiger charge is -2.21. The highest BCUT2D eigenvalue weighted by molar-refractivity contribution is 5.89. The first-order chi connectivity index (χ1) is 10.8. The van der Waals surface area contributed by atoms with Crippen molar-refractivity contribution >= 4 is 18.0 Å². The van der Waals surface area contributed by atoms with E-state index in [2.05, 4.69) is 10.6 Å². The lowest BCUT2D eigenvalue weighted by molar-refractivity contribution is -0.143. The van der Waals surface area contributed by atoms with Crippen molar-refractivity contribution in [2.45, 2.75) is 39.5 Å². The smallest absolute Gasteiger partial charge is 0.408 e. The van der Waals surface area contributed by atoms with Crippen molar-refractivity contribution in [3.63, 3.8) is 0 Å². The molecule has 0 aliphatic heterocycles. The predicted octanol–water partition coefficient (Wildman–Crippen LogP) is 1.53. The van der Waals surface area contributed by atoms with Gasteiger partial charge in [0.05, 0.1) is 0 Å². The van der Waals surface area contributed by atoms with Crippen molar-refractivity contribution in [3.05, 3.63) is 35.9 Å². The number of hydrogen-bond donors (Lipinski definition) is 3. The Bertz CT molecular complexity index is 545. The first kappa shape index (κ1) is 18.5. The quantitative estimate of drug-likeness (QED) is 0.706. The number of alkyl carbamates (subject to hydrolysis) is 1. The molecule has 0 radical (unpaired) electrons. The van der Waals surface area contributed by atoms with Crippen molar-refractivity contribution in [1.29, 1.82) is 0 Å². The summed E-state index contributed by atoms with van der Waals surface area (Å²) >= 11 is 0. The molecule has 7 heteroatoms. The van der Waals surface area contributed by atoms with Gasteiger partial charge in [-0.05, 0) is 18.4 Å². The van der Waals surface area contributed by atoms with Gasteiger partial charge in [0.2, 0.25) is 5.91 Å². The number of benzene rings is 1. The number of nitrogens with one attached hydrogen (secondary N) is 2. The van der Waals surface area contributed by atoms with Crippen LogP contribution < -0.4 is 10.6 Å². The van der Waals surface area contributed by atoms with Gasteiger partial charge >= 0.3 is 12.1 Å². The second-order valence-corrected chi connectivity index (χ2v) is 5.50. The van der Waals surface area contributed by atoms with Crippen LogP contribution in [0.2, 0.25) is 0 Å². The fourth-order valence-corrected chi connectivity index (χ4v) is 1.80. The van der Waals surface area contributed by atoms with Crippen LogP contribution in [0.25, 0.3) is 0 Å². The molecule has 126 valence electrons. The van der Waals surface area contributed by atoms with Crippen molar-refractivity contribution in [2.24, 2.45) is 5.92 Å². The molecule has 0 aromatic heterocycles. The summed E-state index contributed by atoms with van der Waals surface area (Å²) < 4.78 is 5.00. The van der Waals surface area contributed by atoms with Crippen molar-refractivity contribution in [3.8, 4) is 0 Å². The number of rotatable bonds is 7. The third-order valence-electron chi connectivity index (χ3n) is 3.17. The van der Waals surface area contributed by atoms with Crippen LogP contribution in [0.3, 0.4) is 0 Å². The molecule has 7 nitrogen and oxygen atoms in total. The van der Waals surface area contributed by atoms with Gasteiger partial charge in [-0.25, -0.2) is 9.59 Å². The van der Waals surface area contributed by atoms with E-state index in [4.69, 9.17) is 9.84 Å². The van der Waals surface area contributed by atoms with Gasteiger partial charge in [-0.1, -0.05) is 44.2 Å². The molecule has 0 unspecified atom stereocenters. The predicted molar refractivity (Wildman–Crippen MR) is 83.6 cm³/mol. The summed E-state index contributed by atoms with van der Waals surface area (Å²) in [6.07, 6.45) is -0.743. The van der Waals surface area contributed by atoms with Crippen LogP contribution in [0.1, 0.15) is 26.3 Å². The largest absolute Gasteiger partial charge is 0.480 e. The monoisotopic (exact) mass is 322 g/mol. The third-order valence-corrected chi connectivity index (χ3v) is 3.17. The van der Waals surface area contributed by atoms with Gasteiger partial charge in [0.25, 0.3) is 0 Å². The highest BCUT2D eigenvalue weighted by Crippen LogP contribution is 2.03. The van der Waals surface area contributed by atoms with Gasteiger partial charge in [-0.15, -0.1) is 0 Å². The molecule has 0 aliphatic carbocycles. The average molecular weight is 322 g/mol. The van der Waals surface area contributed by atoms with E-state index in [1.165, 1.54) is 6.92 Å². The standard InChI is InChI=1S/C16H22N2O5/c1-10(2)13(15(20)21)18-14(19)11(3)17-16(22)23-9-12-7-5-4-6-8-12/h4-8,10-11,13H,9H2,1-3H3,(H,17,22)(H,18,19)(H,20,21)/t11-,13+/m0/s1. The number of carboxylic acids is 1. The Balaban J connectivity index is 2.44. The van der Waals surface area contributed by atoms with E-state index in [9.17, 15) is 14.4 Å². The van der Waals surface area contributed by atoms with E-state index >= 15 is 0 Å². The number of ether oxygens (including phenoxy) is 1. The maximum atomic E-state index is 11.9. The minimum atomic E-state index is -1.12. The van der Waals surface area contributed by atoms with E-state index in [1.807, 2.05) is 30.3 Å². The molecular formula is C16H22N2O5. The molecule has 1 aromatic carbocycles. The summed E-state index contributed by atoms with van der Waals surface area (Å²) in [5.41, 5.74) is 0.825. The summed E-state index contributed by atoms with van der Waals surface area (Å²) in [6.45, 7) is 4.92. The molecule has 0 bridgehead atoms. The number of carboxylic acid groups (broad SMARTS) is 1.